The topological polar surface area (TPSA) is 102 Å². The number of sulfone groups is 1. The van der Waals surface area contributed by atoms with E-state index in [4.69, 9.17) is 4.42 Å². The van der Waals surface area contributed by atoms with Crippen molar-refractivity contribution in [3.8, 4) is 0 Å². The minimum Gasteiger partial charge on any atom is -0.451 e. The number of furan rings is 1. The van der Waals surface area contributed by atoms with Crippen molar-refractivity contribution in [2.75, 3.05) is 0 Å². The molecule has 1 aromatic carbocycles. The van der Waals surface area contributed by atoms with Crippen LogP contribution in [-0.4, -0.2) is 30.6 Å². The number of aryl methyl sites for hydroxylation is 1. The summed E-state index contributed by atoms with van der Waals surface area (Å²) in [5, 5.41) is 11.4. The Hall–Kier alpha value is -2.26. The van der Waals surface area contributed by atoms with E-state index in [0.717, 1.165) is 12.8 Å². The number of carbonyl (C=O) groups excluding carboxylic acids is 1. The summed E-state index contributed by atoms with van der Waals surface area (Å²) in [5.74, 6) is -0.218. The second-order valence-electron chi connectivity index (χ2n) is 6.05. The molecule has 0 atom stereocenters. The zero-order valence-corrected chi connectivity index (χ0v) is 15.0. The number of rotatable bonds is 5. The van der Waals surface area contributed by atoms with Crippen LogP contribution in [0.15, 0.2) is 33.0 Å². The first-order chi connectivity index (χ1) is 11.9. The van der Waals surface area contributed by atoms with Crippen LogP contribution in [0.2, 0.25) is 0 Å². The smallest absolute Gasteiger partial charge is 0.287 e. The van der Waals surface area contributed by atoms with E-state index in [0.29, 0.717) is 21.5 Å². The SMILES string of the molecule is Cc1c(C(=O)NC2CC2)oc2ccc(S(=O)(=O)Cc3nncs3)cc12. The number of nitrogens with zero attached hydrogens (tertiary/aromatic N) is 2. The standard InChI is InChI=1S/C16H15N3O4S2/c1-9-12-6-11(25(21,22)7-14-19-17-8-24-14)4-5-13(12)23-15(9)16(20)18-10-2-3-10/h4-6,8,10H,2-3,7H2,1H3,(H,18,20). The summed E-state index contributed by atoms with van der Waals surface area (Å²) >= 11 is 1.20. The van der Waals surface area contributed by atoms with Crippen LogP contribution in [0.4, 0.5) is 0 Å². The Kier molecular flexibility index (Phi) is 3.84. The van der Waals surface area contributed by atoms with Crippen molar-refractivity contribution in [1.29, 1.82) is 0 Å². The molecule has 1 amide bonds. The van der Waals surface area contributed by atoms with Crippen LogP contribution >= 0.6 is 11.3 Å². The summed E-state index contributed by atoms with van der Waals surface area (Å²) in [6.45, 7) is 1.76. The van der Waals surface area contributed by atoms with Crippen LogP contribution in [0.25, 0.3) is 11.0 Å². The van der Waals surface area contributed by atoms with Crippen LogP contribution in [0.1, 0.15) is 34.0 Å². The molecule has 7 nitrogen and oxygen atoms in total. The Morgan fingerprint density at radius 1 is 1.40 bits per heavy atom. The van der Waals surface area contributed by atoms with Crippen LogP contribution in [-0.2, 0) is 15.6 Å². The van der Waals surface area contributed by atoms with Gasteiger partial charge in [0.05, 0.1) is 4.90 Å². The summed E-state index contributed by atoms with van der Waals surface area (Å²) in [5.41, 5.74) is 2.63. The Morgan fingerprint density at radius 3 is 2.88 bits per heavy atom. The van der Waals surface area contributed by atoms with Crippen LogP contribution in [0.5, 0.6) is 0 Å². The lowest BCUT2D eigenvalue weighted by Gasteiger charge is -2.02. The quantitative estimate of drug-likeness (QED) is 0.733. The summed E-state index contributed by atoms with van der Waals surface area (Å²) in [6, 6.07) is 4.86. The highest BCUT2D eigenvalue weighted by atomic mass is 32.2. The zero-order valence-electron chi connectivity index (χ0n) is 13.4. The number of fused-ring (bicyclic) bond motifs is 1. The van der Waals surface area contributed by atoms with Gasteiger partial charge in [0.15, 0.2) is 15.6 Å². The maximum absolute atomic E-state index is 12.6. The second-order valence-corrected chi connectivity index (χ2v) is 8.96. The third kappa shape index (κ3) is 3.16. The van der Waals surface area contributed by atoms with Gasteiger partial charge in [-0.1, -0.05) is 0 Å². The van der Waals surface area contributed by atoms with E-state index in [1.165, 1.54) is 22.9 Å². The molecule has 1 saturated carbocycles. The normalized spacial score (nSPS) is 14.8. The highest BCUT2D eigenvalue weighted by Crippen LogP contribution is 2.29. The summed E-state index contributed by atoms with van der Waals surface area (Å²) in [6.07, 6.45) is 1.97. The van der Waals surface area contributed by atoms with E-state index in [1.54, 1.807) is 19.1 Å². The molecular formula is C16H15N3O4S2. The Labute approximate surface area is 148 Å². The molecule has 0 spiro atoms. The number of carbonyl (C=O) groups is 1. The predicted molar refractivity (Wildman–Crippen MR) is 92.2 cm³/mol. The van der Waals surface area contributed by atoms with Gasteiger partial charge in [-0.25, -0.2) is 8.42 Å². The monoisotopic (exact) mass is 377 g/mol. The number of aromatic nitrogens is 2. The fraction of sp³-hybridized carbons (Fsp3) is 0.312. The molecular weight excluding hydrogens is 362 g/mol. The molecule has 4 rings (SSSR count). The van der Waals surface area contributed by atoms with Gasteiger partial charge >= 0.3 is 0 Å². The van der Waals surface area contributed by atoms with Crippen LogP contribution < -0.4 is 5.32 Å². The minimum atomic E-state index is -3.55. The molecule has 9 heteroatoms. The maximum Gasteiger partial charge on any atom is 0.287 e. The summed E-state index contributed by atoms with van der Waals surface area (Å²) < 4.78 is 30.8. The lowest BCUT2D eigenvalue weighted by molar-refractivity contribution is 0.0924. The van der Waals surface area contributed by atoms with E-state index in [2.05, 4.69) is 15.5 Å². The molecule has 0 radical (unpaired) electrons. The van der Waals surface area contributed by atoms with E-state index in [-0.39, 0.29) is 28.4 Å². The van der Waals surface area contributed by atoms with Gasteiger partial charge in [-0.3, -0.25) is 4.79 Å². The Bertz CT molecular complexity index is 1050. The predicted octanol–water partition coefficient (Wildman–Crippen LogP) is 2.46. The molecule has 1 fully saturated rings. The van der Waals surface area contributed by atoms with Gasteiger partial charge in [0, 0.05) is 17.0 Å². The molecule has 1 aliphatic rings. The lowest BCUT2D eigenvalue weighted by Crippen LogP contribution is -2.25. The van der Waals surface area contributed by atoms with Crippen molar-refractivity contribution in [2.24, 2.45) is 0 Å². The van der Waals surface area contributed by atoms with Gasteiger partial charge in [-0.2, -0.15) is 0 Å². The molecule has 2 heterocycles. The van der Waals surface area contributed by atoms with Gasteiger partial charge < -0.3 is 9.73 Å². The number of benzene rings is 1. The molecule has 1 N–H and O–H groups in total. The highest BCUT2D eigenvalue weighted by molar-refractivity contribution is 7.90. The van der Waals surface area contributed by atoms with Crippen molar-refractivity contribution < 1.29 is 17.6 Å². The molecule has 0 saturated heterocycles. The minimum absolute atomic E-state index is 0.174. The lowest BCUT2D eigenvalue weighted by atomic mass is 10.1. The van der Waals surface area contributed by atoms with Gasteiger partial charge in [-0.05, 0) is 38.0 Å². The first-order valence-electron chi connectivity index (χ1n) is 7.76. The van der Waals surface area contributed by atoms with E-state index in [9.17, 15) is 13.2 Å². The van der Waals surface area contributed by atoms with E-state index >= 15 is 0 Å². The van der Waals surface area contributed by atoms with Crippen molar-refractivity contribution in [2.45, 2.75) is 36.5 Å². The van der Waals surface area contributed by atoms with Gasteiger partial charge in [0.25, 0.3) is 5.91 Å². The van der Waals surface area contributed by atoms with Crippen molar-refractivity contribution >= 4 is 38.1 Å². The molecule has 0 unspecified atom stereocenters. The van der Waals surface area contributed by atoms with E-state index < -0.39 is 9.84 Å². The molecule has 0 aliphatic heterocycles. The second kappa shape index (κ2) is 5.92. The van der Waals surface area contributed by atoms with Gasteiger partial charge in [-0.15, -0.1) is 21.5 Å². The van der Waals surface area contributed by atoms with Crippen LogP contribution in [0.3, 0.4) is 0 Å². The van der Waals surface area contributed by atoms with Crippen molar-refractivity contribution in [3.05, 3.63) is 40.0 Å². The molecule has 1 aliphatic carbocycles. The van der Waals surface area contributed by atoms with Gasteiger partial charge in [0.1, 0.15) is 21.9 Å². The van der Waals surface area contributed by atoms with E-state index in [1.807, 2.05) is 0 Å². The first kappa shape index (κ1) is 16.2. The fourth-order valence-corrected chi connectivity index (χ4v) is 4.76. The average Bonchev–Trinajstić information content (AvgIpc) is 3.12. The van der Waals surface area contributed by atoms with Crippen molar-refractivity contribution in [1.82, 2.24) is 15.5 Å². The highest BCUT2D eigenvalue weighted by Gasteiger charge is 2.27. The molecule has 0 bridgehead atoms. The Balaban J connectivity index is 1.69. The third-order valence-electron chi connectivity index (χ3n) is 4.10. The number of hydrogen-bond donors (Lipinski definition) is 1. The molecule has 130 valence electrons. The van der Waals surface area contributed by atoms with Crippen LogP contribution in [0, 0.1) is 6.92 Å². The largest absolute Gasteiger partial charge is 0.451 e. The zero-order chi connectivity index (χ0) is 17.6. The first-order valence-corrected chi connectivity index (χ1v) is 10.3. The third-order valence-corrected chi connectivity index (χ3v) is 6.61. The summed E-state index contributed by atoms with van der Waals surface area (Å²) in [4.78, 5) is 12.4. The summed E-state index contributed by atoms with van der Waals surface area (Å²) in [7, 11) is -3.55. The number of amides is 1. The maximum atomic E-state index is 12.6. The number of nitrogens with one attached hydrogen (secondary N) is 1. The van der Waals surface area contributed by atoms with Crippen molar-refractivity contribution in [3.63, 3.8) is 0 Å². The fourth-order valence-electron chi connectivity index (χ4n) is 2.59. The average molecular weight is 377 g/mol. The van der Waals surface area contributed by atoms with Gasteiger partial charge in [0.2, 0.25) is 0 Å². The Morgan fingerprint density at radius 2 is 2.20 bits per heavy atom. The molecule has 3 aromatic rings. The molecule has 25 heavy (non-hydrogen) atoms. The number of hydrogen-bond acceptors (Lipinski definition) is 7. The molecule has 2 aromatic heterocycles.